The van der Waals surface area contributed by atoms with Gasteiger partial charge in [-0.25, -0.2) is 0 Å². The molecule has 1 amide bonds. The fraction of sp³-hybridized carbons (Fsp3) is 0.588. The van der Waals surface area contributed by atoms with Crippen LogP contribution >= 0.6 is 0 Å². The number of carbonyl (C=O) groups excluding carboxylic acids is 1. The van der Waals surface area contributed by atoms with Crippen LogP contribution in [0.25, 0.3) is 0 Å². The number of rotatable bonds is 7. The summed E-state index contributed by atoms with van der Waals surface area (Å²) in [6.45, 7) is 4.90. The van der Waals surface area contributed by atoms with Crippen molar-refractivity contribution in [1.29, 1.82) is 0 Å². The highest BCUT2D eigenvalue weighted by molar-refractivity contribution is 5.81. The number of carbonyl (C=O) groups is 1. The van der Waals surface area contributed by atoms with E-state index in [0.717, 1.165) is 25.9 Å². The first-order valence-corrected chi connectivity index (χ1v) is 8.04. The highest BCUT2D eigenvalue weighted by Gasteiger charge is 2.24. The Kier molecular flexibility index (Phi) is 6.21. The Balaban J connectivity index is 1.98. The molecule has 1 aliphatic rings. The molecule has 2 atom stereocenters. The van der Waals surface area contributed by atoms with Gasteiger partial charge in [-0.15, -0.1) is 0 Å². The highest BCUT2D eigenvalue weighted by Crippen LogP contribution is 2.24. The quantitative estimate of drug-likeness (QED) is 0.808. The molecule has 116 valence electrons. The SMILES string of the molecule is CCC[C@@H](N)C(=O)NCC(c1ccccc1)N1CCCC1. The van der Waals surface area contributed by atoms with Gasteiger partial charge in [-0.05, 0) is 37.9 Å². The molecule has 21 heavy (non-hydrogen) atoms. The number of likely N-dealkylation sites (tertiary alicyclic amines) is 1. The third-order valence-corrected chi connectivity index (χ3v) is 4.17. The van der Waals surface area contributed by atoms with Crippen LogP contribution in [0.5, 0.6) is 0 Å². The normalized spacial score (nSPS) is 18.4. The van der Waals surface area contributed by atoms with Gasteiger partial charge >= 0.3 is 0 Å². The third kappa shape index (κ3) is 4.55. The van der Waals surface area contributed by atoms with Gasteiger partial charge in [-0.3, -0.25) is 9.69 Å². The van der Waals surface area contributed by atoms with Gasteiger partial charge in [0.05, 0.1) is 12.1 Å². The molecule has 1 aromatic rings. The second-order valence-corrected chi connectivity index (χ2v) is 5.81. The Morgan fingerprint density at radius 3 is 2.57 bits per heavy atom. The summed E-state index contributed by atoms with van der Waals surface area (Å²) in [5.41, 5.74) is 7.15. The number of nitrogens with one attached hydrogen (secondary N) is 1. The van der Waals surface area contributed by atoms with Gasteiger partial charge in [0.2, 0.25) is 5.91 Å². The van der Waals surface area contributed by atoms with Crippen molar-refractivity contribution < 1.29 is 4.79 Å². The molecule has 1 saturated heterocycles. The Hall–Kier alpha value is -1.39. The van der Waals surface area contributed by atoms with Crippen LogP contribution in [0.15, 0.2) is 30.3 Å². The van der Waals surface area contributed by atoms with E-state index in [1.807, 2.05) is 13.0 Å². The lowest BCUT2D eigenvalue weighted by Crippen LogP contribution is -2.44. The van der Waals surface area contributed by atoms with Crippen molar-refractivity contribution in [2.45, 2.75) is 44.7 Å². The average Bonchev–Trinajstić information content (AvgIpc) is 3.03. The van der Waals surface area contributed by atoms with Crippen molar-refractivity contribution >= 4 is 5.91 Å². The molecule has 4 heteroatoms. The van der Waals surface area contributed by atoms with Gasteiger partial charge in [0.1, 0.15) is 0 Å². The smallest absolute Gasteiger partial charge is 0.236 e. The first kappa shape index (κ1) is 16.0. The van der Waals surface area contributed by atoms with Crippen LogP contribution in [-0.2, 0) is 4.79 Å². The zero-order chi connectivity index (χ0) is 15.1. The lowest BCUT2D eigenvalue weighted by atomic mass is 10.1. The molecule has 1 fully saturated rings. The van der Waals surface area contributed by atoms with Crippen LogP contribution in [0.4, 0.5) is 0 Å². The van der Waals surface area contributed by atoms with Crippen molar-refractivity contribution in [3.05, 3.63) is 35.9 Å². The van der Waals surface area contributed by atoms with Crippen LogP contribution in [0.2, 0.25) is 0 Å². The zero-order valence-corrected chi connectivity index (χ0v) is 12.9. The Morgan fingerprint density at radius 1 is 1.29 bits per heavy atom. The number of amides is 1. The zero-order valence-electron chi connectivity index (χ0n) is 12.9. The number of hydrogen-bond donors (Lipinski definition) is 2. The molecule has 1 unspecified atom stereocenters. The van der Waals surface area contributed by atoms with Gasteiger partial charge in [-0.2, -0.15) is 0 Å². The summed E-state index contributed by atoms with van der Waals surface area (Å²) < 4.78 is 0. The van der Waals surface area contributed by atoms with E-state index in [9.17, 15) is 4.79 Å². The standard InChI is InChI=1S/C17H27N3O/c1-2-8-15(18)17(21)19-13-16(20-11-6-7-12-20)14-9-4-3-5-10-14/h3-5,9-10,15-16H,2,6-8,11-13,18H2,1H3,(H,19,21)/t15-,16?/m1/s1. The molecule has 0 radical (unpaired) electrons. The predicted octanol–water partition coefficient (Wildman–Crippen LogP) is 2.07. The maximum atomic E-state index is 12.0. The van der Waals surface area contributed by atoms with E-state index in [2.05, 4.69) is 34.5 Å². The minimum absolute atomic E-state index is 0.0306. The summed E-state index contributed by atoms with van der Waals surface area (Å²) in [6.07, 6.45) is 4.16. The van der Waals surface area contributed by atoms with E-state index < -0.39 is 0 Å². The number of nitrogens with zero attached hydrogens (tertiary/aromatic N) is 1. The molecule has 0 bridgehead atoms. The van der Waals surface area contributed by atoms with Crippen LogP contribution in [0.1, 0.15) is 44.2 Å². The van der Waals surface area contributed by atoms with E-state index in [1.54, 1.807) is 0 Å². The number of hydrogen-bond acceptors (Lipinski definition) is 3. The minimum atomic E-state index is -0.384. The van der Waals surface area contributed by atoms with Crippen molar-refractivity contribution in [3.8, 4) is 0 Å². The van der Waals surface area contributed by atoms with Crippen molar-refractivity contribution in [2.75, 3.05) is 19.6 Å². The van der Waals surface area contributed by atoms with Crippen LogP contribution in [0.3, 0.4) is 0 Å². The highest BCUT2D eigenvalue weighted by atomic mass is 16.2. The lowest BCUT2D eigenvalue weighted by Gasteiger charge is -2.28. The fourth-order valence-electron chi connectivity index (χ4n) is 2.96. The lowest BCUT2D eigenvalue weighted by molar-refractivity contribution is -0.122. The van der Waals surface area contributed by atoms with Crippen LogP contribution in [-0.4, -0.2) is 36.5 Å². The predicted molar refractivity (Wildman–Crippen MR) is 85.9 cm³/mol. The van der Waals surface area contributed by atoms with Crippen molar-refractivity contribution in [2.24, 2.45) is 5.73 Å². The van der Waals surface area contributed by atoms with E-state index >= 15 is 0 Å². The molecule has 1 aromatic carbocycles. The second-order valence-electron chi connectivity index (χ2n) is 5.81. The largest absolute Gasteiger partial charge is 0.353 e. The van der Waals surface area contributed by atoms with E-state index in [4.69, 9.17) is 5.73 Å². The first-order valence-electron chi connectivity index (χ1n) is 8.04. The molecule has 2 rings (SSSR count). The third-order valence-electron chi connectivity index (χ3n) is 4.17. The van der Waals surface area contributed by atoms with Gasteiger partial charge in [0.25, 0.3) is 0 Å². The average molecular weight is 289 g/mol. The van der Waals surface area contributed by atoms with Gasteiger partial charge in [0, 0.05) is 6.54 Å². The topological polar surface area (TPSA) is 58.4 Å². The van der Waals surface area contributed by atoms with E-state index in [1.165, 1.54) is 18.4 Å². The van der Waals surface area contributed by atoms with Crippen LogP contribution < -0.4 is 11.1 Å². The summed E-state index contributed by atoms with van der Waals surface area (Å²) in [5, 5.41) is 3.04. The van der Waals surface area contributed by atoms with E-state index in [0.29, 0.717) is 6.54 Å². The Labute approximate surface area is 127 Å². The van der Waals surface area contributed by atoms with Gasteiger partial charge in [0.15, 0.2) is 0 Å². The first-order chi connectivity index (χ1) is 10.2. The van der Waals surface area contributed by atoms with Crippen molar-refractivity contribution in [1.82, 2.24) is 10.2 Å². The minimum Gasteiger partial charge on any atom is -0.353 e. The molecule has 0 spiro atoms. The summed E-state index contributed by atoms with van der Waals surface area (Å²) in [5.74, 6) is -0.0306. The number of benzene rings is 1. The molecule has 0 saturated carbocycles. The molecule has 0 aliphatic carbocycles. The van der Waals surface area contributed by atoms with Gasteiger partial charge < -0.3 is 11.1 Å². The van der Waals surface area contributed by atoms with Crippen LogP contribution in [0, 0.1) is 0 Å². The molecular formula is C17H27N3O. The van der Waals surface area contributed by atoms with Crippen molar-refractivity contribution in [3.63, 3.8) is 0 Å². The molecule has 0 aromatic heterocycles. The van der Waals surface area contributed by atoms with Gasteiger partial charge in [-0.1, -0.05) is 43.7 Å². The molecule has 1 aliphatic heterocycles. The maximum absolute atomic E-state index is 12.0. The molecular weight excluding hydrogens is 262 g/mol. The summed E-state index contributed by atoms with van der Waals surface area (Å²) in [4.78, 5) is 14.5. The van der Waals surface area contributed by atoms with E-state index in [-0.39, 0.29) is 18.0 Å². The monoisotopic (exact) mass is 289 g/mol. The maximum Gasteiger partial charge on any atom is 0.236 e. The molecule has 3 N–H and O–H groups in total. The number of nitrogens with two attached hydrogens (primary N) is 1. The molecule has 4 nitrogen and oxygen atoms in total. The summed E-state index contributed by atoms with van der Waals surface area (Å²) in [7, 11) is 0. The molecule has 1 heterocycles. The Bertz CT molecular complexity index is 429. The fourth-order valence-corrected chi connectivity index (χ4v) is 2.96. The second kappa shape index (κ2) is 8.15. The summed E-state index contributed by atoms with van der Waals surface area (Å²) >= 11 is 0. The Morgan fingerprint density at radius 2 is 1.95 bits per heavy atom. The summed E-state index contributed by atoms with van der Waals surface area (Å²) in [6, 6.07) is 10.3.